The van der Waals surface area contributed by atoms with Gasteiger partial charge >= 0.3 is 0 Å². The Hall–Kier alpha value is -1.84. The maximum atomic E-state index is 12.2. The first-order valence-corrected chi connectivity index (χ1v) is 6.80. The number of carbonyl (C=O) groups excluding carboxylic acids is 2. The highest BCUT2D eigenvalue weighted by Gasteiger charge is 2.29. The van der Waals surface area contributed by atoms with Crippen molar-refractivity contribution in [3.63, 3.8) is 0 Å². The third-order valence-electron chi connectivity index (χ3n) is 3.55. The Labute approximate surface area is 121 Å². The van der Waals surface area contributed by atoms with Crippen molar-refractivity contribution in [3.8, 4) is 0 Å². The lowest BCUT2D eigenvalue weighted by Gasteiger charge is -2.26. The second-order valence-electron chi connectivity index (χ2n) is 5.53. The van der Waals surface area contributed by atoms with Gasteiger partial charge in [-0.2, -0.15) is 0 Å². The molecule has 0 spiro atoms. The summed E-state index contributed by atoms with van der Waals surface area (Å²) in [5.74, 6) is -0.236. The third-order valence-corrected chi connectivity index (χ3v) is 3.55. The van der Waals surface area contributed by atoms with Crippen LogP contribution in [0.1, 0.15) is 24.8 Å². The van der Waals surface area contributed by atoms with E-state index in [1.165, 1.54) is 0 Å². The molecular weight excluding hydrogens is 252 g/mol. The van der Waals surface area contributed by atoms with E-state index in [1.807, 2.05) is 37.3 Å². The Kier molecular flexibility index (Phi) is 5.74. The highest BCUT2D eigenvalue weighted by Crippen LogP contribution is 2.29. The molecule has 1 rings (SSSR count). The first kappa shape index (κ1) is 16.2. The Morgan fingerprint density at radius 3 is 2.00 bits per heavy atom. The quantitative estimate of drug-likeness (QED) is 0.825. The summed E-state index contributed by atoms with van der Waals surface area (Å²) in [4.78, 5) is 27.4. The van der Waals surface area contributed by atoms with Gasteiger partial charge in [0.25, 0.3) is 0 Å². The van der Waals surface area contributed by atoms with Crippen LogP contribution in [0.25, 0.3) is 0 Å². The Morgan fingerprint density at radius 2 is 1.55 bits per heavy atom. The summed E-state index contributed by atoms with van der Waals surface area (Å²) in [6.07, 6.45) is 0.345. The van der Waals surface area contributed by atoms with Crippen LogP contribution in [0.3, 0.4) is 0 Å². The summed E-state index contributed by atoms with van der Waals surface area (Å²) in [6.45, 7) is 1.89. The van der Waals surface area contributed by atoms with Crippen LogP contribution in [0, 0.1) is 5.92 Å². The minimum absolute atomic E-state index is 0.0391. The van der Waals surface area contributed by atoms with Crippen LogP contribution in [0.15, 0.2) is 30.3 Å². The number of rotatable bonds is 5. The maximum Gasteiger partial charge on any atom is 0.225 e. The molecule has 4 nitrogen and oxygen atoms in total. The molecule has 1 aromatic carbocycles. The minimum Gasteiger partial charge on any atom is -0.349 e. The molecule has 0 aliphatic rings. The van der Waals surface area contributed by atoms with Crippen LogP contribution in [0.2, 0.25) is 0 Å². The van der Waals surface area contributed by atoms with E-state index in [-0.39, 0.29) is 23.7 Å². The maximum absolute atomic E-state index is 12.2. The number of benzene rings is 1. The average Bonchev–Trinajstić information content (AvgIpc) is 2.43. The van der Waals surface area contributed by atoms with E-state index >= 15 is 0 Å². The molecule has 4 heteroatoms. The summed E-state index contributed by atoms with van der Waals surface area (Å²) in [5.41, 5.74) is 1.03. The molecule has 0 aliphatic carbocycles. The number of hydrogen-bond donors (Lipinski definition) is 0. The Morgan fingerprint density at radius 1 is 1.00 bits per heavy atom. The average molecular weight is 276 g/mol. The van der Waals surface area contributed by atoms with Crippen molar-refractivity contribution in [2.24, 2.45) is 5.92 Å². The van der Waals surface area contributed by atoms with E-state index in [4.69, 9.17) is 0 Å². The van der Waals surface area contributed by atoms with Gasteiger partial charge in [-0.05, 0) is 5.56 Å². The van der Waals surface area contributed by atoms with Crippen molar-refractivity contribution in [2.75, 3.05) is 28.2 Å². The smallest absolute Gasteiger partial charge is 0.225 e. The fourth-order valence-electron chi connectivity index (χ4n) is 2.23. The topological polar surface area (TPSA) is 40.6 Å². The van der Waals surface area contributed by atoms with Crippen LogP contribution >= 0.6 is 0 Å². The van der Waals surface area contributed by atoms with E-state index in [9.17, 15) is 9.59 Å². The second-order valence-corrected chi connectivity index (χ2v) is 5.53. The SMILES string of the molecule is C[C@H](C(=O)N(C)C)[C@H](CC(=O)N(C)C)c1ccccc1. The van der Waals surface area contributed by atoms with Crippen molar-refractivity contribution in [1.29, 1.82) is 0 Å². The molecule has 0 bridgehead atoms. The first-order valence-electron chi connectivity index (χ1n) is 6.80. The molecule has 110 valence electrons. The van der Waals surface area contributed by atoms with Crippen LogP contribution < -0.4 is 0 Å². The molecule has 0 fully saturated rings. The summed E-state index contributed by atoms with van der Waals surface area (Å²) in [7, 11) is 6.97. The highest BCUT2D eigenvalue weighted by molar-refractivity contribution is 5.82. The number of nitrogens with zero attached hydrogens (tertiary/aromatic N) is 2. The van der Waals surface area contributed by atoms with Crippen molar-refractivity contribution in [2.45, 2.75) is 19.3 Å². The minimum atomic E-state index is -0.226. The Balaban J connectivity index is 3.02. The van der Waals surface area contributed by atoms with Crippen molar-refractivity contribution in [3.05, 3.63) is 35.9 Å². The monoisotopic (exact) mass is 276 g/mol. The van der Waals surface area contributed by atoms with E-state index in [0.29, 0.717) is 6.42 Å². The van der Waals surface area contributed by atoms with E-state index < -0.39 is 0 Å². The molecule has 2 atom stereocenters. The van der Waals surface area contributed by atoms with Gasteiger partial charge in [0.1, 0.15) is 0 Å². The number of carbonyl (C=O) groups is 2. The van der Waals surface area contributed by atoms with Gasteiger partial charge in [0, 0.05) is 46.4 Å². The van der Waals surface area contributed by atoms with Gasteiger partial charge in [0.05, 0.1) is 0 Å². The number of amides is 2. The molecule has 0 heterocycles. The standard InChI is InChI=1S/C16H24N2O2/c1-12(16(20)18(4)5)14(11-15(19)17(2)3)13-9-7-6-8-10-13/h6-10,12,14H,11H2,1-5H3/t12-,14-/m0/s1. The predicted molar refractivity (Wildman–Crippen MR) is 80.4 cm³/mol. The molecule has 2 amide bonds. The van der Waals surface area contributed by atoms with Gasteiger partial charge in [0.15, 0.2) is 0 Å². The molecular formula is C16H24N2O2. The lowest BCUT2D eigenvalue weighted by Crippen LogP contribution is -2.34. The first-order chi connectivity index (χ1) is 9.34. The van der Waals surface area contributed by atoms with Crippen LogP contribution in [0.4, 0.5) is 0 Å². The zero-order valence-electron chi connectivity index (χ0n) is 13.0. The van der Waals surface area contributed by atoms with Crippen LogP contribution in [-0.2, 0) is 9.59 Å². The van der Waals surface area contributed by atoms with E-state index in [1.54, 1.807) is 38.0 Å². The van der Waals surface area contributed by atoms with E-state index in [2.05, 4.69) is 0 Å². The molecule has 0 aliphatic heterocycles. The molecule has 0 saturated heterocycles. The lowest BCUT2D eigenvalue weighted by atomic mass is 9.83. The van der Waals surface area contributed by atoms with Gasteiger partial charge in [-0.15, -0.1) is 0 Å². The van der Waals surface area contributed by atoms with Crippen LogP contribution in [0.5, 0.6) is 0 Å². The summed E-state index contributed by atoms with van der Waals surface area (Å²) in [5, 5.41) is 0. The Bertz CT molecular complexity index is 455. The molecule has 0 N–H and O–H groups in total. The fourth-order valence-corrected chi connectivity index (χ4v) is 2.23. The van der Waals surface area contributed by atoms with Gasteiger partial charge < -0.3 is 9.80 Å². The molecule has 1 aromatic rings. The van der Waals surface area contributed by atoms with Crippen molar-refractivity contribution >= 4 is 11.8 Å². The largest absolute Gasteiger partial charge is 0.349 e. The normalized spacial score (nSPS) is 13.4. The molecule has 0 radical (unpaired) electrons. The fraction of sp³-hybridized carbons (Fsp3) is 0.500. The zero-order valence-corrected chi connectivity index (χ0v) is 13.0. The van der Waals surface area contributed by atoms with Crippen molar-refractivity contribution < 1.29 is 9.59 Å². The summed E-state index contributed by atoms with van der Waals surface area (Å²) < 4.78 is 0. The molecule has 0 saturated carbocycles. The van der Waals surface area contributed by atoms with Gasteiger partial charge in [-0.25, -0.2) is 0 Å². The van der Waals surface area contributed by atoms with Gasteiger partial charge in [0.2, 0.25) is 11.8 Å². The predicted octanol–water partition coefficient (Wildman–Crippen LogP) is 1.97. The summed E-state index contributed by atoms with van der Waals surface area (Å²) >= 11 is 0. The second kappa shape index (κ2) is 7.08. The van der Waals surface area contributed by atoms with Crippen LogP contribution in [-0.4, -0.2) is 49.8 Å². The number of hydrogen-bond acceptors (Lipinski definition) is 2. The molecule has 0 aromatic heterocycles. The van der Waals surface area contributed by atoms with E-state index in [0.717, 1.165) is 5.56 Å². The van der Waals surface area contributed by atoms with Gasteiger partial charge in [-0.3, -0.25) is 9.59 Å². The molecule has 20 heavy (non-hydrogen) atoms. The highest BCUT2D eigenvalue weighted by atomic mass is 16.2. The zero-order chi connectivity index (χ0) is 15.3. The summed E-state index contributed by atoms with van der Waals surface area (Å²) in [6, 6.07) is 9.78. The third kappa shape index (κ3) is 4.08. The van der Waals surface area contributed by atoms with Crippen molar-refractivity contribution in [1.82, 2.24) is 9.80 Å². The van der Waals surface area contributed by atoms with Gasteiger partial charge in [-0.1, -0.05) is 37.3 Å². The lowest BCUT2D eigenvalue weighted by molar-refractivity contribution is -0.134. The molecule has 0 unspecified atom stereocenters.